The van der Waals surface area contributed by atoms with Crippen LogP contribution in [-0.4, -0.2) is 52.8 Å². The Hall–Kier alpha value is -2.86. The van der Waals surface area contributed by atoms with Crippen LogP contribution in [0.2, 0.25) is 0 Å². The number of aryl methyl sites for hydroxylation is 2. The lowest BCUT2D eigenvalue weighted by atomic mass is 9.84. The van der Waals surface area contributed by atoms with Crippen LogP contribution < -0.4 is 0 Å². The third-order valence-corrected chi connectivity index (χ3v) is 6.48. The molecular formula is C27H36N2O4. The van der Waals surface area contributed by atoms with E-state index in [-0.39, 0.29) is 16.7 Å². The van der Waals surface area contributed by atoms with Crippen LogP contribution in [0.15, 0.2) is 40.3 Å². The largest absolute Gasteiger partial charge is 0.507 e. The molecule has 1 fully saturated rings. The molecule has 1 unspecified atom stereocenters. The normalized spacial score (nSPS) is 18.5. The topological polar surface area (TPSA) is 74.0 Å². The first-order valence-corrected chi connectivity index (χ1v) is 11.7. The summed E-state index contributed by atoms with van der Waals surface area (Å²) in [6.07, 6.45) is 0. The molecule has 3 rings (SSSR count). The molecule has 0 spiro atoms. The van der Waals surface area contributed by atoms with Crippen molar-refractivity contribution in [1.82, 2.24) is 9.80 Å². The highest BCUT2D eigenvalue weighted by Crippen LogP contribution is 2.41. The molecule has 0 bridgehead atoms. The highest BCUT2D eigenvalue weighted by atomic mass is 16.3. The van der Waals surface area contributed by atoms with Crippen molar-refractivity contribution in [2.75, 3.05) is 26.2 Å². The lowest BCUT2D eigenvalue weighted by molar-refractivity contribution is -0.140. The lowest BCUT2D eigenvalue weighted by Gasteiger charge is -2.27. The van der Waals surface area contributed by atoms with E-state index in [9.17, 15) is 14.7 Å². The Kier molecular flexibility index (Phi) is 7.17. The van der Waals surface area contributed by atoms with E-state index in [0.29, 0.717) is 30.2 Å². The number of nitrogens with zero attached hydrogens (tertiary/aromatic N) is 2. The fourth-order valence-electron chi connectivity index (χ4n) is 4.28. The molecule has 1 atom stereocenters. The van der Waals surface area contributed by atoms with E-state index < -0.39 is 17.7 Å². The van der Waals surface area contributed by atoms with Gasteiger partial charge in [0.15, 0.2) is 0 Å². The van der Waals surface area contributed by atoms with Crippen LogP contribution in [0.5, 0.6) is 0 Å². The highest BCUT2D eigenvalue weighted by Gasteiger charge is 2.47. The van der Waals surface area contributed by atoms with Gasteiger partial charge in [-0.3, -0.25) is 9.59 Å². The molecule has 0 aliphatic carbocycles. The number of amides is 1. The maximum atomic E-state index is 13.2. The van der Waals surface area contributed by atoms with Crippen LogP contribution in [0.1, 0.15) is 68.9 Å². The molecule has 1 aliphatic heterocycles. The van der Waals surface area contributed by atoms with Gasteiger partial charge in [-0.1, -0.05) is 46.8 Å². The monoisotopic (exact) mass is 452 g/mol. The van der Waals surface area contributed by atoms with Crippen molar-refractivity contribution in [2.24, 2.45) is 0 Å². The first kappa shape index (κ1) is 24.8. The van der Waals surface area contributed by atoms with Gasteiger partial charge in [0.25, 0.3) is 11.7 Å². The van der Waals surface area contributed by atoms with Gasteiger partial charge in [0.05, 0.1) is 5.57 Å². The zero-order valence-electron chi connectivity index (χ0n) is 20.9. The van der Waals surface area contributed by atoms with Gasteiger partial charge in [-0.15, -0.1) is 0 Å². The number of ketones is 1. The first-order chi connectivity index (χ1) is 15.5. The van der Waals surface area contributed by atoms with Crippen molar-refractivity contribution in [1.29, 1.82) is 0 Å². The van der Waals surface area contributed by atoms with Crippen LogP contribution >= 0.6 is 0 Å². The van der Waals surface area contributed by atoms with E-state index in [1.807, 2.05) is 38.1 Å². The van der Waals surface area contributed by atoms with Crippen molar-refractivity contribution in [3.05, 3.63) is 64.1 Å². The van der Waals surface area contributed by atoms with Gasteiger partial charge < -0.3 is 19.3 Å². The predicted octanol–water partition coefficient (Wildman–Crippen LogP) is 4.96. The van der Waals surface area contributed by atoms with E-state index in [1.54, 1.807) is 6.07 Å². The van der Waals surface area contributed by atoms with Crippen LogP contribution in [0, 0.1) is 13.8 Å². The molecule has 178 valence electrons. The number of benzene rings is 1. The summed E-state index contributed by atoms with van der Waals surface area (Å²) < 4.78 is 5.87. The fourth-order valence-corrected chi connectivity index (χ4v) is 4.28. The smallest absolute Gasteiger partial charge is 0.295 e. The minimum absolute atomic E-state index is 0.0862. The summed E-state index contributed by atoms with van der Waals surface area (Å²) in [5.41, 5.74) is 2.40. The Morgan fingerprint density at radius 2 is 1.76 bits per heavy atom. The Balaban J connectivity index is 2.15. The molecule has 1 saturated heterocycles. The summed E-state index contributed by atoms with van der Waals surface area (Å²) in [4.78, 5) is 30.1. The molecule has 1 aromatic heterocycles. The average Bonchev–Trinajstić information content (AvgIpc) is 3.29. The maximum absolute atomic E-state index is 13.2. The number of Topliss-reactive ketones (excluding diaryl/α,β-unsaturated/α-hetero) is 1. The number of aliphatic hydroxyl groups excluding tert-OH is 1. The van der Waals surface area contributed by atoms with E-state index >= 15 is 0 Å². The van der Waals surface area contributed by atoms with Gasteiger partial charge >= 0.3 is 0 Å². The number of carbonyl (C=O) groups excluding carboxylic acids is 2. The van der Waals surface area contributed by atoms with E-state index in [0.717, 1.165) is 24.2 Å². The number of likely N-dealkylation sites (tertiary alicyclic amines) is 1. The zero-order valence-corrected chi connectivity index (χ0v) is 20.9. The Morgan fingerprint density at radius 1 is 1.09 bits per heavy atom. The summed E-state index contributed by atoms with van der Waals surface area (Å²) in [6.45, 7) is 16.8. The quantitative estimate of drug-likeness (QED) is 0.365. The molecule has 1 amide bonds. The average molecular weight is 453 g/mol. The summed E-state index contributed by atoms with van der Waals surface area (Å²) in [5.74, 6) is -0.261. The standard InChI is InChI=1S/C27H36N2O4/c1-8-28(9-2)14-15-29-23(21-13-11-18(4)33-21)22(25(31)26(29)32)24(30)20-16-19(27(5,6)7)12-10-17(20)3/h10-13,16,23,30H,8-9,14-15H2,1-7H3/b24-22+. The molecular weight excluding hydrogens is 416 g/mol. The van der Waals surface area contributed by atoms with Gasteiger partial charge in [-0.05, 0) is 61.7 Å². The molecule has 2 heterocycles. The Bertz CT molecular complexity index is 1070. The summed E-state index contributed by atoms with van der Waals surface area (Å²) in [6, 6.07) is 8.72. The van der Waals surface area contributed by atoms with Crippen LogP contribution in [0.3, 0.4) is 0 Å². The number of aliphatic hydroxyl groups is 1. The van der Waals surface area contributed by atoms with Gasteiger partial charge in [-0.2, -0.15) is 0 Å². The van der Waals surface area contributed by atoms with Gasteiger partial charge in [-0.25, -0.2) is 0 Å². The molecule has 1 N–H and O–H groups in total. The third kappa shape index (κ3) is 4.91. The molecule has 0 radical (unpaired) electrons. The summed E-state index contributed by atoms with van der Waals surface area (Å²) in [7, 11) is 0. The predicted molar refractivity (Wildman–Crippen MR) is 130 cm³/mol. The van der Waals surface area contributed by atoms with Crippen molar-refractivity contribution >= 4 is 17.4 Å². The number of hydrogen-bond donors (Lipinski definition) is 1. The second-order valence-corrected chi connectivity index (χ2v) is 9.75. The lowest BCUT2D eigenvalue weighted by Crippen LogP contribution is -2.37. The van der Waals surface area contributed by atoms with Crippen LogP contribution in [-0.2, 0) is 15.0 Å². The number of likely N-dealkylation sites (N-methyl/N-ethyl adjacent to an activating group) is 1. The molecule has 1 aromatic carbocycles. The second kappa shape index (κ2) is 9.56. The molecule has 0 saturated carbocycles. The van der Waals surface area contributed by atoms with Gasteiger partial charge in [0.1, 0.15) is 23.3 Å². The molecule has 1 aliphatic rings. The van der Waals surface area contributed by atoms with E-state index in [1.165, 1.54) is 4.90 Å². The van der Waals surface area contributed by atoms with Gasteiger partial charge in [0.2, 0.25) is 0 Å². The zero-order chi connectivity index (χ0) is 24.5. The van der Waals surface area contributed by atoms with Crippen LogP contribution in [0.25, 0.3) is 5.76 Å². The van der Waals surface area contributed by atoms with Crippen molar-refractivity contribution < 1.29 is 19.1 Å². The summed E-state index contributed by atoms with van der Waals surface area (Å²) >= 11 is 0. The molecule has 33 heavy (non-hydrogen) atoms. The number of hydrogen-bond acceptors (Lipinski definition) is 5. The minimum Gasteiger partial charge on any atom is -0.507 e. The first-order valence-electron chi connectivity index (χ1n) is 11.7. The third-order valence-electron chi connectivity index (χ3n) is 6.48. The fraction of sp³-hybridized carbons (Fsp3) is 0.481. The van der Waals surface area contributed by atoms with Crippen molar-refractivity contribution in [3.8, 4) is 0 Å². The van der Waals surface area contributed by atoms with E-state index in [2.05, 4.69) is 39.5 Å². The highest BCUT2D eigenvalue weighted by molar-refractivity contribution is 6.46. The van der Waals surface area contributed by atoms with E-state index in [4.69, 9.17) is 4.42 Å². The van der Waals surface area contributed by atoms with Crippen LogP contribution in [0.4, 0.5) is 0 Å². The van der Waals surface area contributed by atoms with Crippen molar-refractivity contribution in [2.45, 2.75) is 59.9 Å². The van der Waals surface area contributed by atoms with Crippen molar-refractivity contribution in [3.63, 3.8) is 0 Å². The maximum Gasteiger partial charge on any atom is 0.295 e. The second-order valence-electron chi connectivity index (χ2n) is 9.75. The SMILES string of the molecule is CCN(CC)CCN1C(=O)C(=O)/C(=C(/O)c2cc(C(C)(C)C)ccc2C)C1c1ccc(C)o1. The van der Waals surface area contributed by atoms with Gasteiger partial charge in [0, 0.05) is 18.7 Å². The number of furan rings is 1. The molecule has 2 aromatic rings. The molecule has 6 heteroatoms. The number of rotatable bonds is 7. The summed E-state index contributed by atoms with van der Waals surface area (Å²) in [5, 5.41) is 11.4. The number of carbonyl (C=O) groups is 2. The Morgan fingerprint density at radius 3 is 2.30 bits per heavy atom. The Labute approximate surface area is 196 Å². The molecule has 6 nitrogen and oxygen atoms in total. The minimum atomic E-state index is -0.757.